The summed E-state index contributed by atoms with van der Waals surface area (Å²) in [6, 6.07) is 3.63. The van der Waals surface area contributed by atoms with Crippen molar-refractivity contribution in [2.24, 2.45) is 0 Å². The van der Waals surface area contributed by atoms with Crippen molar-refractivity contribution in [2.75, 3.05) is 26.0 Å². The molecule has 0 saturated heterocycles. The van der Waals surface area contributed by atoms with E-state index in [4.69, 9.17) is 15.0 Å². The third-order valence-corrected chi connectivity index (χ3v) is 4.23. The average molecular weight is 421 g/mol. The number of anilines is 1. The van der Waals surface area contributed by atoms with Gasteiger partial charge < -0.3 is 20.3 Å². The van der Waals surface area contributed by atoms with Gasteiger partial charge in [-0.25, -0.2) is 9.97 Å². The fourth-order valence-corrected chi connectivity index (χ4v) is 2.68. The highest BCUT2D eigenvalue weighted by molar-refractivity contribution is 5.75. The number of nitrogens with zero attached hydrogens (tertiary/aromatic N) is 7. The van der Waals surface area contributed by atoms with Gasteiger partial charge in [0.2, 0.25) is 17.7 Å². The molecule has 0 aliphatic carbocycles. The molecule has 0 unspecified atom stereocenters. The Morgan fingerprint density at radius 1 is 1.13 bits per heavy atom. The van der Waals surface area contributed by atoms with E-state index in [0.29, 0.717) is 35.8 Å². The van der Waals surface area contributed by atoms with E-state index in [1.807, 2.05) is 6.07 Å². The van der Waals surface area contributed by atoms with Crippen molar-refractivity contribution >= 4 is 11.9 Å². The molecule has 158 valence electrons. The van der Waals surface area contributed by atoms with Crippen LogP contribution in [0.4, 0.5) is 5.95 Å². The molecule has 3 N–H and O–H groups in total. The van der Waals surface area contributed by atoms with Crippen LogP contribution in [0.2, 0.25) is 0 Å². The smallest absolute Gasteiger partial charge is 0.261 e. The molecule has 4 aromatic rings. The van der Waals surface area contributed by atoms with E-state index in [9.17, 15) is 4.79 Å². The summed E-state index contributed by atoms with van der Waals surface area (Å²) in [4.78, 5) is 28.6. The number of hydrogen-bond donors (Lipinski definition) is 2. The number of carbonyl (C=O) groups excluding carboxylic acids is 1. The van der Waals surface area contributed by atoms with Crippen LogP contribution < -0.4 is 11.1 Å². The highest BCUT2D eigenvalue weighted by atomic mass is 16.5. The highest BCUT2D eigenvalue weighted by Crippen LogP contribution is 2.23. The number of amides is 1. The molecule has 0 aliphatic rings. The Morgan fingerprint density at radius 2 is 1.94 bits per heavy atom. The van der Waals surface area contributed by atoms with Crippen molar-refractivity contribution in [2.45, 2.75) is 6.54 Å². The zero-order valence-electron chi connectivity index (χ0n) is 16.6. The molecule has 12 heteroatoms. The summed E-state index contributed by atoms with van der Waals surface area (Å²) >= 11 is 0. The third kappa shape index (κ3) is 4.87. The number of hydrogen-bond acceptors (Lipinski definition) is 10. The lowest BCUT2D eigenvalue weighted by atomic mass is 10.2. The minimum Gasteiger partial charge on any atom is -0.383 e. The largest absolute Gasteiger partial charge is 0.383 e. The Kier molecular flexibility index (Phi) is 5.89. The van der Waals surface area contributed by atoms with Gasteiger partial charge in [-0.1, -0.05) is 5.16 Å². The first kappa shape index (κ1) is 20.1. The van der Waals surface area contributed by atoms with Crippen molar-refractivity contribution in [3.05, 3.63) is 43.1 Å². The van der Waals surface area contributed by atoms with Crippen LogP contribution >= 0.6 is 0 Å². The molecule has 0 fully saturated rings. The van der Waals surface area contributed by atoms with E-state index >= 15 is 0 Å². The topological polar surface area (TPSA) is 160 Å². The van der Waals surface area contributed by atoms with Crippen molar-refractivity contribution in [3.8, 4) is 34.1 Å². The number of pyridine rings is 1. The summed E-state index contributed by atoms with van der Waals surface area (Å²) in [5, 5.41) is 10.9. The van der Waals surface area contributed by atoms with E-state index in [0.717, 1.165) is 5.56 Å². The summed E-state index contributed by atoms with van der Waals surface area (Å²) < 4.78 is 11.7. The van der Waals surface area contributed by atoms with Crippen molar-refractivity contribution in [1.29, 1.82) is 0 Å². The summed E-state index contributed by atoms with van der Waals surface area (Å²) in [5.41, 5.74) is 8.23. The normalized spacial score (nSPS) is 10.9. The minimum absolute atomic E-state index is 0.0743. The van der Waals surface area contributed by atoms with Crippen LogP contribution in [0.25, 0.3) is 34.1 Å². The summed E-state index contributed by atoms with van der Waals surface area (Å²) in [6.07, 6.45) is 8.06. The molecule has 0 bridgehead atoms. The van der Waals surface area contributed by atoms with E-state index in [1.165, 1.54) is 4.68 Å². The molecule has 31 heavy (non-hydrogen) atoms. The second-order valence-electron chi connectivity index (χ2n) is 6.45. The van der Waals surface area contributed by atoms with Crippen molar-refractivity contribution < 1.29 is 14.1 Å². The summed E-state index contributed by atoms with van der Waals surface area (Å²) in [7, 11) is 1.57. The fraction of sp³-hybridized carbons (Fsp3) is 0.211. The van der Waals surface area contributed by atoms with Crippen LogP contribution in [-0.4, -0.2) is 61.0 Å². The van der Waals surface area contributed by atoms with E-state index in [-0.39, 0.29) is 24.3 Å². The second kappa shape index (κ2) is 9.09. The molecule has 0 radical (unpaired) electrons. The number of rotatable bonds is 8. The zero-order valence-corrected chi connectivity index (χ0v) is 16.6. The fourth-order valence-electron chi connectivity index (χ4n) is 2.68. The molecule has 0 aromatic carbocycles. The lowest BCUT2D eigenvalue weighted by Crippen LogP contribution is -2.30. The maximum atomic E-state index is 11.9. The molecule has 0 atom stereocenters. The number of nitrogen functional groups attached to an aromatic ring is 1. The van der Waals surface area contributed by atoms with Gasteiger partial charge >= 0.3 is 0 Å². The second-order valence-corrected chi connectivity index (χ2v) is 6.45. The molecule has 4 aromatic heterocycles. The highest BCUT2D eigenvalue weighted by Gasteiger charge is 2.14. The van der Waals surface area contributed by atoms with E-state index in [1.54, 1.807) is 44.2 Å². The first-order valence-corrected chi connectivity index (χ1v) is 9.29. The maximum absolute atomic E-state index is 11.9. The molecular formula is C19H19N9O3. The number of methoxy groups -OCH3 is 1. The van der Waals surface area contributed by atoms with E-state index < -0.39 is 0 Å². The maximum Gasteiger partial charge on any atom is 0.261 e. The van der Waals surface area contributed by atoms with Gasteiger partial charge in [-0.3, -0.25) is 14.5 Å². The molecule has 1 amide bonds. The predicted molar refractivity (Wildman–Crippen MR) is 109 cm³/mol. The lowest BCUT2D eigenvalue weighted by molar-refractivity contribution is -0.122. The molecule has 0 aliphatic heterocycles. The first-order chi connectivity index (χ1) is 15.1. The minimum atomic E-state index is -0.171. The first-order valence-electron chi connectivity index (χ1n) is 9.29. The Morgan fingerprint density at radius 3 is 2.68 bits per heavy atom. The van der Waals surface area contributed by atoms with Crippen LogP contribution in [0.15, 0.2) is 47.6 Å². The Hall–Kier alpha value is -4.19. The number of nitrogens with one attached hydrogen (secondary N) is 1. The van der Waals surface area contributed by atoms with Crippen LogP contribution in [0, 0.1) is 0 Å². The number of ether oxygens (including phenoxy) is 1. The van der Waals surface area contributed by atoms with Gasteiger partial charge in [-0.15, -0.1) is 0 Å². The monoisotopic (exact) mass is 421 g/mol. The average Bonchev–Trinajstić information content (AvgIpc) is 3.44. The molecule has 0 spiro atoms. The van der Waals surface area contributed by atoms with Crippen LogP contribution in [-0.2, 0) is 16.1 Å². The quantitative estimate of drug-likeness (QED) is 0.389. The van der Waals surface area contributed by atoms with Gasteiger partial charge in [0.1, 0.15) is 6.54 Å². The Labute approximate surface area is 176 Å². The van der Waals surface area contributed by atoms with Gasteiger partial charge in [0, 0.05) is 49.6 Å². The standard InChI is InChI=1S/C19H19N9O3/c1-30-5-4-21-16(29)11-28-10-14(9-25-28)18-26-17(27-31-18)12-2-3-15(22-6-12)13-7-23-19(20)24-8-13/h2-3,6-10H,4-5,11H2,1H3,(H,21,29)(H2,20,23,24). The zero-order chi connectivity index (χ0) is 21.6. The summed E-state index contributed by atoms with van der Waals surface area (Å²) in [5.74, 6) is 0.704. The number of nitrogens with two attached hydrogens (primary N) is 1. The lowest BCUT2D eigenvalue weighted by Gasteiger charge is -2.03. The SMILES string of the molecule is COCCNC(=O)Cn1cc(-c2nc(-c3ccc(-c4cnc(N)nc4)nc3)no2)cn1. The van der Waals surface area contributed by atoms with Crippen LogP contribution in [0.3, 0.4) is 0 Å². The molecule has 0 saturated carbocycles. The van der Waals surface area contributed by atoms with Crippen LogP contribution in [0.5, 0.6) is 0 Å². The predicted octanol–water partition coefficient (Wildman–Crippen LogP) is 0.797. The molecule has 4 heterocycles. The molecule has 12 nitrogen and oxygen atoms in total. The van der Waals surface area contributed by atoms with Gasteiger partial charge in [0.15, 0.2) is 0 Å². The number of carbonyl (C=O) groups is 1. The summed E-state index contributed by atoms with van der Waals surface area (Å²) in [6.45, 7) is 0.962. The Bertz CT molecular complexity index is 1150. The van der Waals surface area contributed by atoms with Gasteiger partial charge in [0.25, 0.3) is 5.89 Å². The van der Waals surface area contributed by atoms with Crippen LogP contribution in [0.1, 0.15) is 0 Å². The molecular weight excluding hydrogens is 402 g/mol. The van der Waals surface area contributed by atoms with Crippen molar-refractivity contribution in [3.63, 3.8) is 0 Å². The number of aromatic nitrogens is 7. The Balaban J connectivity index is 1.43. The van der Waals surface area contributed by atoms with Gasteiger partial charge in [0.05, 0.1) is 24.1 Å². The third-order valence-electron chi connectivity index (χ3n) is 4.23. The van der Waals surface area contributed by atoms with Crippen molar-refractivity contribution in [1.82, 2.24) is 40.2 Å². The van der Waals surface area contributed by atoms with Gasteiger partial charge in [-0.05, 0) is 12.1 Å². The van der Waals surface area contributed by atoms with E-state index in [2.05, 4.69) is 35.5 Å². The molecule has 4 rings (SSSR count). The van der Waals surface area contributed by atoms with Gasteiger partial charge in [-0.2, -0.15) is 10.1 Å².